The first-order chi connectivity index (χ1) is 9.49. The largest absolute Gasteiger partial charge is 0.388 e. The van der Waals surface area contributed by atoms with Gasteiger partial charge in [-0.3, -0.25) is 0 Å². The molecule has 5 heteroatoms. The second kappa shape index (κ2) is 8.27. The summed E-state index contributed by atoms with van der Waals surface area (Å²) in [6, 6.07) is 3.95. The number of thiophene rings is 1. The lowest BCUT2D eigenvalue weighted by atomic mass is 9.98. The van der Waals surface area contributed by atoms with Crippen molar-refractivity contribution in [1.29, 1.82) is 0 Å². The van der Waals surface area contributed by atoms with Crippen LogP contribution in [0.5, 0.6) is 0 Å². The standard InChI is InChI=1S/C15H26N2O2S/c1-4-15(19,5-2)11-17-14(18)16-10-12(3)9-13-7-6-8-20-13/h6-8,12,19H,4-5,9-11H2,1-3H3,(H2,16,17,18). The van der Waals surface area contributed by atoms with E-state index in [-0.39, 0.29) is 6.03 Å². The molecule has 114 valence electrons. The number of rotatable bonds is 8. The van der Waals surface area contributed by atoms with E-state index in [1.165, 1.54) is 4.88 Å². The van der Waals surface area contributed by atoms with Crippen LogP contribution < -0.4 is 10.6 Å². The quantitative estimate of drug-likeness (QED) is 0.691. The lowest BCUT2D eigenvalue weighted by Gasteiger charge is -2.25. The molecule has 1 atom stereocenters. The van der Waals surface area contributed by atoms with Gasteiger partial charge >= 0.3 is 6.03 Å². The fraction of sp³-hybridized carbons (Fsp3) is 0.667. The van der Waals surface area contributed by atoms with Crippen molar-refractivity contribution in [2.24, 2.45) is 5.92 Å². The van der Waals surface area contributed by atoms with E-state index in [9.17, 15) is 9.90 Å². The number of hydrogen-bond acceptors (Lipinski definition) is 3. The molecule has 1 aromatic heterocycles. The van der Waals surface area contributed by atoms with Crippen molar-refractivity contribution in [1.82, 2.24) is 10.6 Å². The van der Waals surface area contributed by atoms with Crippen LogP contribution in [0.1, 0.15) is 38.5 Å². The normalized spacial score (nSPS) is 13.0. The van der Waals surface area contributed by atoms with Crippen LogP contribution in [0.2, 0.25) is 0 Å². The maximum Gasteiger partial charge on any atom is 0.314 e. The van der Waals surface area contributed by atoms with Crippen LogP contribution in [0, 0.1) is 5.92 Å². The van der Waals surface area contributed by atoms with E-state index in [0.29, 0.717) is 31.8 Å². The summed E-state index contributed by atoms with van der Waals surface area (Å²) in [6.45, 7) is 6.90. The van der Waals surface area contributed by atoms with Crippen LogP contribution in [-0.4, -0.2) is 29.8 Å². The second-order valence-electron chi connectivity index (χ2n) is 5.38. The fourth-order valence-corrected chi connectivity index (χ4v) is 2.79. The third-order valence-electron chi connectivity index (χ3n) is 3.64. The van der Waals surface area contributed by atoms with Crippen molar-refractivity contribution in [3.8, 4) is 0 Å². The molecule has 1 aromatic rings. The molecule has 0 fully saturated rings. The molecule has 0 bridgehead atoms. The van der Waals surface area contributed by atoms with Crippen molar-refractivity contribution < 1.29 is 9.90 Å². The van der Waals surface area contributed by atoms with Crippen LogP contribution in [0.3, 0.4) is 0 Å². The van der Waals surface area contributed by atoms with Gasteiger partial charge in [-0.15, -0.1) is 11.3 Å². The van der Waals surface area contributed by atoms with Crippen molar-refractivity contribution in [2.75, 3.05) is 13.1 Å². The minimum atomic E-state index is -0.792. The number of carbonyl (C=O) groups is 1. The van der Waals surface area contributed by atoms with E-state index in [1.54, 1.807) is 11.3 Å². The van der Waals surface area contributed by atoms with E-state index in [1.807, 2.05) is 19.9 Å². The molecule has 2 amide bonds. The van der Waals surface area contributed by atoms with Gasteiger partial charge in [0, 0.05) is 18.0 Å². The number of urea groups is 1. The number of carbonyl (C=O) groups excluding carboxylic acids is 1. The summed E-state index contributed by atoms with van der Waals surface area (Å²) in [5.41, 5.74) is -0.792. The molecular weight excluding hydrogens is 272 g/mol. The molecule has 0 aromatic carbocycles. The highest BCUT2D eigenvalue weighted by Gasteiger charge is 2.22. The van der Waals surface area contributed by atoms with Gasteiger partial charge in [0.25, 0.3) is 0 Å². The van der Waals surface area contributed by atoms with Crippen LogP contribution >= 0.6 is 11.3 Å². The Kier molecular flexibility index (Phi) is 7.02. The Morgan fingerprint density at radius 1 is 1.40 bits per heavy atom. The van der Waals surface area contributed by atoms with Crippen molar-refractivity contribution in [3.63, 3.8) is 0 Å². The van der Waals surface area contributed by atoms with Gasteiger partial charge in [-0.2, -0.15) is 0 Å². The summed E-state index contributed by atoms with van der Waals surface area (Å²) in [5.74, 6) is 0.399. The van der Waals surface area contributed by atoms with E-state index in [2.05, 4.69) is 29.0 Å². The Bertz CT molecular complexity index is 389. The Hall–Kier alpha value is -1.07. The molecule has 0 radical (unpaired) electrons. The maximum absolute atomic E-state index is 11.7. The van der Waals surface area contributed by atoms with Crippen LogP contribution in [0.25, 0.3) is 0 Å². The number of aliphatic hydroxyl groups is 1. The lowest BCUT2D eigenvalue weighted by molar-refractivity contribution is 0.0349. The van der Waals surface area contributed by atoms with Crippen LogP contribution in [0.15, 0.2) is 17.5 Å². The first-order valence-electron chi connectivity index (χ1n) is 7.25. The van der Waals surface area contributed by atoms with Crippen molar-refractivity contribution in [3.05, 3.63) is 22.4 Å². The molecule has 0 aliphatic heterocycles. The summed E-state index contributed by atoms with van der Waals surface area (Å²) < 4.78 is 0. The van der Waals surface area contributed by atoms with Gasteiger partial charge in [-0.25, -0.2) is 4.79 Å². The zero-order valence-corrected chi connectivity index (χ0v) is 13.4. The summed E-state index contributed by atoms with van der Waals surface area (Å²) in [4.78, 5) is 13.0. The zero-order chi connectivity index (χ0) is 15.0. The highest BCUT2D eigenvalue weighted by molar-refractivity contribution is 7.09. The molecule has 4 nitrogen and oxygen atoms in total. The number of nitrogens with one attached hydrogen (secondary N) is 2. The van der Waals surface area contributed by atoms with E-state index < -0.39 is 5.60 Å². The summed E-state index contributed by atoms with van der Waals surface area (Å²) in [7, 11) is 0. The first kappa shape index (κ1) is 17.0. The van der Waals surface area contributed by atoms with E-state index in [0.717, 1.165) is 6.42 Å². The Morgan fingerprint density at radius 3 is 2.65 bits per heavy atom. The van der Waals surface area contributed by atoms with Crippen LogP contribution in [0.4, 0.5) is 4.79 Å². The smallest absolute Gasteiger partial charge is 0.314 e. The zero-order valence-electron chi connectivity index (χ0n) is 12.6. The summed E-state index contributed by atoms with van der Waals surface area (Å²) >= 11 is 1.74. The summed E-state index contributed by atoms with van der Waals surface area (Å²) in [6.07, 6.45) is 2.25. The molecule has 20 heavy (non-hydrogen) atoms. The van der Waals surface area contributed by atoms with Gasteiger partial charge in [-0.05, 0) is 36.6 Å². The Balaban J connectivity index is 2.22. The molecule has 1 unspecified atom stereocenters. The minimum absolute atomic E-state index is 0.205. The highest BCUT2D eigenvalue weighted by atomic mass is 32.1. The molecule has 0 spiro atoms. The first-order valence-corrected chi connectivity index (χ1v) is 8.13. The lowest BCUT2D eigenvalue weighted by Crippen LogP contribution is -2.46. The van der Waals surface area contributed by atoms with Crippen molar-refractivity contribution >= 4 is 17.4 Å². The van der Waals surface area contributed by atoms with Gasteiger partial charge < -0.3 is 15.7 Å². The number of amides is 2. The summed E-state index contributed by atoms with van der Waals surface area (Å²) in [5, 5.41) is 17.8. The minimum Gasteiger partial charge on any atom is -0.388 e. The topological polar surface area (TPSA) is 61.4 Å². The maximum atomic E-state index is 11.7. The second-order valence-corrected chi connectivity index (χ2v) is 6.42. The Morgan fingerprint density at radius 2 is 2.10 bits per heavy atom. The Labute approximate surface area is 125 Å². The van der Waals surface area contributed by atoms with E-state index in [4.69, 9.17) is 0 Å². The molecule has 0 saturated carbocycles. The molecule has 0 aliphatic carbocycles. The van der Waals surface area contributed by atoms with Gasteiger partial charge in [-0.1, -0.05) is 26.8 Å². The molecule has 0 aliphatic rings. The highest BCUT2D eigenvalue weighted by Crippen LogP contribution is 2.14. The number of hydrogen-bond donors (Lipinski definition) is 3. The van der Waals surface area contributed by atoms with E-state index >= 15 is 0 Å². The molecule has 3 N–H and O–H groups in total. The monoisotopic (exact) mass is 298 g/mol. The molecule has 1 heterocycles. The predicted molar refractivity (Wildman–Crippen MR) is 84.1 cm³/mol. The average Bonchev–Trinajstić information content (AvgIpc) is 2.95. The SMILES string of the molecule is CCC(O)(CC)CNC(=O)NCC(C)Cc1cccs1. The predicted octanol–water partition coefficient (Wildman–Crippen LogP) is 2.78. The fourth-order valence-electron chi connectivity index (χ4n) is 1.92. The molecule has 0 saturated heterocycles. The van der Waals surface area contributed by atoms with Gasteiger partial charge in [0.1, 0.15) is 0 Å². The van der Waals surface area contributed by atoms with Gasteiger partial charge in [0.15, 0.2) is 0 Å². The third kappa shape index (κ3) is 5.92. The van der Waals surface area contributed by atoms with Gasteiger partial charge in [0.2, 0.25) is 0 Å². The van der Waals surface area contributed by atoms with Gasteiger partial charge in [0.05, 0.1) is 5.60 Å². The average molecular weight is 298 g/mol. The molecular formula is C15H26N2O2S. The van der Waals surface area contributed by atoms with Crippen LogP contribution in [-0.2, 0) is 6.42 Å². The van der Waals surface area contributed by atoms with Crippen molar-refractivity contribution in [2.45, 2.75) is 45.6 Å². The molecule has 1 rings (SSSR count). The third-order valence-corrected chi connectivity index (χ3v) is 4.53.